The average Bonchev–Trinajstić information content (AvgIpc) is 1.76. The summed E-state index contributed by atoms with van der Waals surface area (Å²) in [5, 5.41) is 0. The maximum absolute atomic E-state index is 4.94. The van der Waals surface area contributed by atoms with E-state index in [-0.39, 0.29) is 64.4 Å². The summed E-state index contributed by atoms with van der Waals surface area (Å²) in [4.78, 5) is 0. The quantitative estimate of drug-likeness (QED) is 0.601. The second-order valence-corrected chi connectivity index (χ2v) is 1.32. The number of ether oxygens (including phenoxy) is 1. The van der Waals surface area contributed by atoms with Crippen molar-refractivity contribution < 1.29 is 45.1 Å². The maximum Gasteiger partial charge on any atom is 0.0466 e. The van der Waals surface area contributed by atoms with Crippen molar-refractivity contribution in [1.29, 1.82) is 0 Å². The van der Waals surface area contributed by atoms with E-state index >= 15 is 0 Å². The molecule has 0 aliphatic carbocycles. The summed E-state index contributed by atoms with van der Waals surface area (Å²) in [5.41, 5.74) is 0. The predicted molar refractivity (Wildman–Crippen MR) is 35.5 cm³/mol. The van der Waals surface area contributed by atoms with Crippen LogP contribution in [0.4, 0.5) is 0 Å². The first-order chi connectivity index (χ1) is 2.50. The normalized spacial score (nSPS) is 17.1. The predicted octanol–water partition coefficient (Wildman–Crippen LogP) is 1.41. The van der Waals surface area contributed by atoms with Gasteiger partial charge in [0.2, 0.25) is 0 Å². The molecule has 1 fully saturated rings. The van der Waals surface area contributed by atoms with Gasteiger partial charge in [0.05, 0.1) is 0 Å². The molecule has 0 spiro atoms. The van der Waals surface area contributed by atoms with Gasteiger partial charge in [-0.05, 0) is 12.8 Å². The van der Waals surface area contributed by atoms with E-state index < -0.39 is 0 Å². The fraction of sp³-hybridized carbons (Fsp3) is 1.00. The van der Waals surface area contributed by atoms with Gasteiger partial charge in [-0.2, -0.15) is 0 Å². The zero-order valence-corrected chi connectivity index (χ0v) is 9.00. The molecule has 1 saturated heterocycles. The molecule has 1 rings (SSSR count). The van der Waals surface area contributed by atoms with Gasteiger partial charge < -0.3 is 4.74 Å². The van der Waals surface area contributed by atoms with Crippen molar-refractivity contribution in [3.63, 3.8) is 0 Å². The van der Waals surface area contributed by atoms with E-state index in [2.05, 4.69) is 0 Å². The minimum Gasteiger partial charge on any atom is -0.381 e. The Labute approximate surface area is 93.7 Å². The first kappa shape index (κ1) is 11.8. The Kier molecular flexibility index (Phi) is 13.5. The molecule has 0 N–H and O–H groups in total. The fourth-order valence-corrected chi connectivity index (χ4v) is 0.510. The van der Waals surface area contributed by atoms with Crippen LogP contribution in [0.3, 0.4) is 0 Å². The molecule has 0 aromatic rings. The summed E-state index contributed by atoms with van der Waals surface area (Å²) in [5.74, 6) is 0. The van der Waals surface area contributed by atoms with E-state index in [4.69, 9.17) is 4.74 Å². The standard InChI is InChI=1S/C4H8O.HI.Sm/c1-2-4-5-3-1;;/h1-4H2;1H;. The van der Waals surface area contributed by atoms with Crippen molar-refractivity contribution >= 4 is 24.0 Å². The molecule has 0 unspecified atom stereocenters. The van der Waals surface area contributed by atoms with Crippen LogP contribution in [0.1, 0.15) is 12.8 Å². The molecule has 1 aliphatic rings. The summed E-state index contributed by atoms with van der Waals surface area (Å²) >= 11 is 0. The summed E-state index contributed by atoms with van der Waals surface area (Å²) in [6.07, 6.45) is 2.56. The van der Waals surface area contributed by atoms with E-state index in [0.717, 1.165) is 13.2 Å². The van der Waals surface area contributed by atoms with Crippen LogP contribution in [0.2, 0.25) is 0 Å². The van der Waals surface area contributed by atoms with Crippen LogP contribution in [0.5, 0.6) is 0 Å². The zero-order chi connectivity index (χ0) is 3.54. The number of hydrogen-bond donors (Lipinski definition) is 0. The molecular formula is C4H9IOSm. The number of rotatable bonds is 0. The van der Waals surface area contributed by atoms with Crippen LogP contribution in [0.15, 0.2) is 0 Å². The molecule has 3 heteroatoms. The van der Waals surface area contributed by atoms with Gasteiger partial charge in [0.25, 0.3) is 0 Å². The minimum atomic E-state index is 0. The van der Waals surface area contributed by atoms with Gasteiger partial charge in [-0.1, -0.05) is 0 Å². The monoisotopic (exact) mass is 352 g/mol. The Morgan fingerprint density at radius 2 is 1.43 bits per heavy atom. The SMILES string of the molecule is C1CCOC1.I.[Sm]. The largest absolute Gasteiger partial charge is 0.381 e. The van der Waals surface area contributed by atoms with Gasteiger partial charge in [0.1, 0.15) is 0 Å². The van der Waals surface area contributed by atoms with Crippen LogP contribution >= 0.6 is 24.0 Å². The Balaban J connectivity index is 0. The summed E-state index contributed by atoms with van der Waals surface area (Å²) < 4.78 is 4.94. The first-order valence-corrected chi connectivity index (χ1v) is 2.08. The van der Waals surface area contributed by atoms with Gasteiger partial charge in [-0.3, -0.25) is 0 Å². The third-order valence-corrected chi connectivity index (χ3v) is 0.827. The molecule has 1 nitrogen and oxygen atoms in total. The van der Waals surface area contributed by atoms with Gasteiger partial charge >= 0.3 is 0 Å². The number of hydrogen-bond acceptors (Lipinski definition) is 1. The Hall–Kier alpha value is 2.03. The van der Waals surface area contributed by atoms with Crippen molar-refractivity contribution in [2.75, 3.05) is 13.2 Å². The van der Waals surface area contributed by atoms with Gasteiger partial charge in [0.15, 0.2) is 0 Å². The molecule has 1 heterocycles. The van der Waals surface area contributed by atoms with E-state index in [0.29, 0.717) is 0 Å². The first-order valence-electron chi connectivity index (χ1n) is 2.08. The van der Waals surface area contributed by atoms with E-state index in [1.807, 2.05) is 0 Å². The van der Waals surface area contributed by atoms with Crippen molar-refractivity contribution in [3.05, 3.63) is 0 Å². The Bertz CT molecular complexity index is 23.3. The summed E-state index contributed by atoms with van der Waals surface area (Å²) in [7, 11) is 0. The van der Waals surface area contributed by atoms with Crippen molar-refractivity contribution in [2.45, 2.75) is 12.8 Å². The van der Waals surface area contributed by atoms with Crippen molar-refractivity contribution in [1.82, 2.24) is 0 Å². The zero-order valence-electron chi connectivity index (χ0n) is 4.05. The molecule has 0 amide bonds. The molecule has 7 heavy (non-hydrogen) atoms. The molecule has 0 bridgehead atoms. The third-order valence-electron chi connectivity index (χ3n) is 0.827. The smallest absolute Gasteiger partial charge is 0.0466 e. The van der Waals surface area contributed by atoms with E-state index in [9.17, 15) is 0 Å². The van der Waals surface area contributed by atoms with Crippen LogP contribution in [0, 0.1) is 40.4 Å². The maximum atomic E-state index is 4.94. The molecule has 44 valence electrons. The van der Waals surface area contributed by atoms with Gasteiger partial charge in [-0.15, -0.1) is 24.0 Å². The van der Waals surface area contributed by atoms with Crippen LogP contribution in [-0.2, 0) is 4.74 Å². The molecular weight excluding hydrogens is 341 g/mol. The third kappa shape index (κ3) is 5.91. The molecule has 0 aromatic heterocycles. The average molecular weight is 350 g/mol. The van der Waals surface area contributed by atoms with Crippen LogP contribution < -0.4 is 0 Å². The molecule has 0 aromatic carbocycles. The molecule has 0 saturated carbocycles. The van der Waals surface area contributed by atoms with Crippen LogP contribution in [0.25, 0.3) is 0 Å². The molecule has 0 atom stereocenters. The summed E-state index contributed by atoms with van der Waals surface area (Å²) in [6, 6.07) is 0. The Morgan fingerprint density at radius 3 is 1.57 bits per heavy atom. The second-order valence-electron chi connectivity index (χ2n) is 1.32. The van der Waals surface area contributed by atoms with E-state index in [1.54, 1.807) is 0 Å². The molecule has 1 aliphatic heterocycles. The molecule has 0 radical (unpaired) electrons. The van der Waals surface area contributed by atoms with Crippen molar-refractivity contribution in [2.24, 2.45) is 0 Å². The topological polar surface area (TPSA) is 9.23 Å². The van der Waals surface area contributed by atoms with Gasteiger partial charge in [-0.25, -0.2) is 0 Å². The van der Waals surface area contributed by atoms with Crippen molar-refractivity contribution in [3.8, 4) is 0 Å². The van der Waals surface area contributed by atoms with Crippen LogP contribution in [-0.4, -0.2) is 13.2 Å². The van der Waals surface area contributed by atoms with Gasteiger partial charge in [0, 0.05) is 53.6 Å². The fourth-order valence-electron chi connectivity index (χ4n) is 0.510. The minimum absolute atomic E-state index is 0. The summed E-state index contributed by atoms with van der Waals surface area (Å²) in [6.45, 7) is 2.00. The number of halogens is 1. The Morgan fingerprint density at radius 1 is 1.00 bits per heavy atom. The van der Waals surface area contributed by atoms with E-state index in [1.165, 1.54) is 12.8 Å². The second kappa shape index (κ2) is 8.03.